The molecule has 356 valence electrons. The van der Waals surface area contributed by atoms with Crippen LogP contribution in [0.5, 0.6) is 0 Å². The monoisotopic (exact) mass is 932 g/mol. The van der Waals surface area contributed by atoms with Gasteiger partial charge in [0.1, 0.15) is 18.1 Å². The molecule has 1 unspecified atom stereocenters. The Labute approximate surface area is 390 Å². The van der Waals surface area contributed by atoms with E-state index in [1.807, 2.05) is 30.3 Å². The number of benzene rings is 2. The molecule has 6 heterocycles. The molecule has 68 heavy (non-hydrogen) atoms. The number of pyridine rings is 1. The molecule has 2 aliphatic carbocycles. The van der Waals surface area contributed by atoms with Crippen molar-refractivity contribution in [2.75, 3.05) is 56.5 Å². The van der Waals surface area contributed by atoms with Crippen LogP contribution in [0.3, 0.4) is 0 Å². The third kappa shape index (κ3) is 10.1. The lowest BCUT2D eigenvalue weighted by Crippen LogP contribution is -2.48. The molecule has 20 heteroatoms. The summed E-state index contributed by atoms with van der Waals surface area (Å²) in [4.78, 5) is 64.0. The largest absolute Gasteiger partial charge is 0.444 e. The van der Waals surface area contributed by atoms with E-state index in [-0.39, 0.29) is 41.4 Å². The number of imidazole rings is 1. The maximum atomic E-state index is 14.1. The van der Waals surface area contributed by atoms with Crippen molar-refractivity contribution in [2.45, 2.75) is 76.2 Å². The van der Waals surface area contributed by atoms with Gasteiger partial charge in [-0.1, -0.05) is 18.2 Å². The van der Waals surface area contributed by atoms with Gasteiger partial charge < -0.3 is 25.1 Å². The van der Waals surface area contributed by atoms with Gasteiger partial charge in [0.25, 0.3) is 12.3 Å². The van der Waals surface area contributed by atoms with E-state index in [1.165, 1.54) is 34.6 Å². The Morgan fingerprint density at radius 3 is 2.50 bits per heavy atom. The molecule has 18 nitrogen and oxygen atoms in total. The van der Waals surface area contributed by atoms with Crippen molar-refractivity contribution in [3.05, 3.63) is 106 Å². The Morgan fingerprint density at radius 1 is 0.956 bits per heavy atom. The topological polar surface area (TPSA) is 199 Å². The average Bonchev–Trinajstić information content (AvgIpc) is 3.74. The lowest BCUT2D eigenvalue weighted by molar-refractivity contribution is -0.135. The van der Waals surface area contributed by atoms with Gasteiger partial charge in [0.15, 0.2) is 11.4 Å². The summed E-state index contributed by atoms with van der Waals surface area (Å²) in [6, 6.07) is 16.5. The van der Waals surface area contributed by atoms with Crippen LogP contribution in [0.1, 0.15) is 78.3 Å². The number of aromatic nitrogens is 6. The minimum absolute atomic E-state index is 0.0613. The Hall–Kier alpha value is -6.61. The summed E-state index contributed by atoms with van der Waals surface area (Å²) >= 11 is 0. The molecular formula is C48H54F2N12O6. The molecule has 0 spiro atoms. The van der Waals surface area contributed by atoms with Gasteiger partial charge in [-0.05, 0) is 85.5 Å². The second-order valence-corrected chi connectivity index (χ2v) is 18.2. The molecule has 2 aliphatic heterocycles. The lowest BCUT2D eigenvalue weighted by atomic mass is 9.89. The first-order valence-electron chi connectivity index (χ1n) is 23.3. The van der Waals surface area contributed by atoms with Gasteiger partial charge in [-0.3, -0.25) is 38.6 Å². The fourth-order valence-corrected chi connectivity index (χ4v) is 9.12. The molecule has 2 saturated heterocycles. The van der Waals surface area contributed by atoms with Crippen LogP contribution in [0.25, 0.3) is 28.2 Å². The highest BCUT2D eigenvalue weighted by Gasteiger charge is 2.32. The molecule has 4 fully saturated rings. The number of piperazine rings is 1. The van der Waals surface area contributed by atoms with E-state index in [2.05, 4.69) is 46.1 Å². The molecule has 10 rings (SSSR count). The average molecular weight is 933 g/mol. The molecule has 2 saturated carbocycles. The number of nitrogens with one attached hydrogen (secondary N) is 4. The van der Waals surface area contributed by atoms with Crippen LogP contribution in [0, 0.1) is 5.92 Å². The standard InChI is InChI=1S/C48H54F2N12O6/c1-58-40-20-31(6-9-38(40)62(48(58)66)39-10-11-42(63)56-46(39)65)26-60-16-14-59(15-17-60)18-19-67-35-22-33(23-35)52-24-30-4-7-34(8-5-30)61-27-36(43(57-61)44(49)50)54-45(64)37-28-68-47(55-37)32-12-13-51-41(21-32)53-25-29-2-3-29/h4-9,12-13,20-21,27-29,33,35,39,44,52H,2-3,10-11,14-19,22-26H2,1H3,(H,51,53)(H,54,64)(H,56,63,65). The van der Waals surface area contributed by atoms with Gasteiger partial charge in [-0.2, -0.15) is 5.10 Å². The zero-order valence-electron chi connectivity index (χ0n) is 37.7. The number of anilines is 2. The quantitative estimate of drug-likeness (QED) is 0.0840. The van der Waals surface area contributed by atoms with Crippen LogP contribution >= 0.6 is 0 Å². The number of piperidine rings is 1. The number of nitrogens with zero attached hydrogens (tertiary/aromatic N) is 8. The van der Waals surface area contributed by atoms with Gasteiger partial charge in [0, 0.05) is 83.6 Å². The highest BCUT2D eigenvalue weighted by Crippen LogP contribution is 2.31. The Morgan fingerprint density at radius 2 is 1.74 bits per heavy atom. The first-order valence-corrected chi connectivity index (χ1v) is 23.3. The van der Waals surface area contributed by atoms with Crippen LogP contribution in [0.15, 0.2) is 82.5 Å². The summed E-state index contributed by atoms with van der Waals surface area (Å²) < 4.78 is 44.4. The number of alkyl halides is 2. The first-order chi connectivity index (χ1) is 33.0. The predicted octanol–water partition coefficient (Wildman–Crippen LogP) is 5.02. The SMILES string of the molecule is Cn1c(=O)n(C2CCC(=O)NC2=O)c2ccc(CN3CCN(CCOC4CC(NCc5ccc(-n6cc(NC(=O)c7coc(-c8ccnc(NCC9CC9)c8)n7)c(C(F)F)n6)cc5)C4)CC3)cc21. The van der Waals surface area contributed by atoms with E-state index >= 15 is 0 Å². The number of ether oxygens (including phenoxy) is 1. The van der Waals surface area contributed by atoms with Crippen molar-refractivity contribution < 1.29 is 32.3 Å². The molecule has 4 aromatic heterocycles. The van der Waals surface area contributed by atoms with Gasteiger partial charge in [-0.25, -0.2) is 28.2 Å². The van der Waals surface area contributed by atoms with E-state index in [0.29, 0.717) is 54.1 Å². The molecular weight excluding hydrogens is 879 g/mol. The number of aryl methyl sites for hydroxylation is 1. The third-order valence-electron chi connectivity index (χ3n) is 13.4. The third-order valence-corrected chi connectivity index (χ3v) is 13.4. The van der Waals surface area contributed by atoms with Crippen LogP contribution in [-0.4, -0.2) is 114 Å². The number of halogens is 2. The van der Waals surface area contributed by atoms with Crippen LogP contribution < -0.4 is 27.0 Å². The van der Waals surface area contributed by atoms with Crippen molar-refractivity contribution in [1.82, 2.24) is 49.3 Å². The number of carbonyl (C=O) groups is 3. The van der Waals surface area contributed by atoms with E-state index in [9.17, 15) is 28.0 Å². The van der Waals surface area contributed by atoms with Crippen molar-refractivity contribution >= 4 is 40.3 Å². The zero-order chi connectivity index (χ0) is 46.9. The number of fused-ring (bicyclic) bond motifs is 1. The number of carbonyl (C=O) groups excluding carboxylic acids is 3. The molecule has 4 N–H and O–H groups in total. The minimum Gasteiger partial charge on any atom is -0.444 e. The Bertz CT molecular complexity index is 2860. The number of rotatable bonds is 18. The van der Waals surface area contributed by atoms with Gasteiger partial charge in [0.05, 0.1) is 41.3 Å². The maximum Gasteiger partial charge on any atom is 0.329 e. The smallest absolute Gasteiger partial charge is 0.329 e. The van der Waals surface area contributed by atoms with Gasteiger partial charge in [-0.15, -0.1) is 0 Å². The summed E-state index contributed by atoms with van der Waals surface area (Å²) in [6.45, 7) is 7.49. The summed E-state index contributed by atoms with van der Waals surface area (Å²) in [5.41, 5.74) is 3.77. The molecule has 2 aromatic carbocycles. The highest BCUT2D eigenvalue weighted by atomic mass is 19.3. The lowest BCUT2D eigenvalue weighted by Gasteiger charge is -2.37. The van der Waals surface area contributed by atoms with Crippen LogP contribution in [0.2, 0.25) is 0 Å². The van der Waals surface area contributed by atoms with E-state index in [0.717, 1.165) is 75.3 Å². The van der Waals surface area contributed by atoms with Gasteiger partial charge in [0.2, 0.25) is 17.7 Å². The van der Waals surface area contributed by atoms with Gasteiger partial charge >= 0.3 is 5.69 Å². The van der Waals surface area contributed by atoms with Crippen molar-refractivity contribution in [1.29, 1.82) is 0 Å². The maximum absolute atomic E-state index is 14.1. The summed E-state index contributed by atoms with van der Waals surface area (Å²) in [5, 5.41) is 15.9. The molecule has 0 radical (unpaired) electrons. The number of hydrogen-bond acceptors (Lipinski definition) is 13. The molecule has 3 amide bonds. The van der Waals surface area contributed by atoms with Crippen molar-refractivity contribution in [3.8, 4) is 17.1 Å². The normalized spacial score (nSPS) is 20.2. The predicted molar refractivity (Wildman–Crippen MR) is 247 cm³/mol. The zero-order valence-corrected chi connectivity index (χ0v) is 37.7. The molecule has 6 aromatic rings. The first kappa shape index (κ1) is 45.2. The van der Waals surface area contributed by atoms with E-state index in [1.54, 1.807) is 42.1 Å². The van der Waals surface area contributed by atoms with E-state index < -0.39 is 30.0 Å². The molecule has 0 bridgehead atoms. The van der Waals surface area contributed by atoms with Crippen molar-refractivity contribution in [3.63, 3.8) is 0 Å². The molecule has 1 atom stereocenters. The van der Waals surface area contributed by atoms with Crippen molar-refractivity contribution in [2.24, 2.45) is 13.0 Å². The summed E-state index contributed by atoms with van der Waals surface area (Å²) in [6.07, 6.45) is 6.25. The number of imide groups is 1. The summed E-state index contributed by atoms with van der Waals surface area (Å²) in [5.74, 6) is 0.102. The van der Waals surface area contributed by atoms with E-state index in [4.69, 9.17) is 9.15 Å². The molecule has 4 aliphatic rings. The van der Waals surface area contributed by atoms with Crippen LogP contribution in [-0.2, 0) is 34.5 Å². The number of amides is 3. The highest BCUT2D eigenvalue weighted by molar-refractivity contribution is 6.03. The van der Waals surface area contributed by atoms with Crippen LogP contribution in [0.4, 0.5) is 20.3 Å². The number of hydrogen-bond donors (Lipinski definition) is 4. The fourth-order valence-electron chi connectivity index (χ4n) is 9.12. The second kappa shape index (κ2) is 19.5. The second-order valence-electron chi connectivity index (χ2n) is 18.2. The Balaban J connectivity index is 0.635. The Kier molecular flexibility index (Phi) is 13.0. The minimum atomic E-state index is -2.93. The fraction of sp³-hybridized carbons (Fsp3) is 0.438. The number of oxazole rings is 1. The summed E-state index contributed by atoms with van der Waals surface area (Å²) in [7, 11) is 1.72.